The summed E-state index contributed by atoms with van der Waals surface area (Å²) in [5.74, 6) is 0.478. The number of ether oxygens (including phenoxy) is 1. The molecule has 0 aromatic heterocycles. The minimum atomic E-state index is -3.58. The number of hydrogen-bond acceptors (Lipinski definition) is 4. The third-order valence-electron chi connectivity index (χ3n) is 4.17. The Balaban J connectivity index is 1.93. The molecule has 0 spiro atoms. The fourth-order valence-corrected chi connectivity index (χ4v) is 4.04. The van der Waals surface area contributed by atoms with E-state index in [1.165, 1.54) is 0 Å². The Hall–Kier alpha value is -2.54. The first-order valence-electron chi connectivity index (χ1n) is 8.78. The van der Waals surface area contributed by atoms with E-state index in [-0.39, 0.29) is 5.91 Å². The van der Waals surface area contributed by atoms with Crippen molar-refractivity contribution in [3.05, 3.63) is 60.2 Å². The van der Waals surface area contributed by atoms with Gasteiger partial charge in [-0.25, -0.2) is 8.42 Å². The first-order chi connectivity index (χ1) is 12.8. The van der Waals surface area contributed by atoms with Crippen molar-refractivity contribution in [2.75, 3.05) is 24.2 Å². The van der Waals surface area contributed by atoms with Crippen molar-refractivity contribution >= 4 is 21.6 Å². The SMILES string of the molecule is COc1cccc(CCCNC(=O)[C@@H](C)N(c2ccccc2)S(C)(=O)=O)c1. The zero-order valence-corrected chi connectivity index (χ0v) is 16.7. The predicted octanol–water partition coefficient (Wildman–Crippen LogP) is 2.60. The second-order valence-corrected chi connectivity index (χ2v) is 8.18. The molecule has 0 aliphatic rings. The second-order valence-electron chi connectivity index (χ2n) is 6.32. The van der Waals surface area contributed by atoms with Crippen LogP contribution in [0.4, 0.5) is 5.69 Å². The molecule has 0 radical (unpaired) electrons. The number of benzene rings is 2. The van der Waals surface area contributed by atoms with Gasteiger partial charge in [0.25, 0.3) is 0 Å². The highest BCUT2D eigenvalue weighted by Gasteiger charge is 2.28. The lowest BCUT2D eigenvalue weighted by Gasteiger charge is -2.28. The summed E-state index contributed by atoms with van der Waals surface area (Å²) < 4.78 is 30.7. The molecule has 1 atom stereocenters. The molecule has 27 heavy (non-hydrogen) atoms. The second kappa shape index (κ2) is 9.41. The van der Waals surface area contributed by atoms with E-state index in [1.807, 2.05) is 24.3 Å². The molecule has 0 aliphatic heterocycles. The van der Waals surface area contributed by atoms with Crippen molar-refractivity contribution in [2.45, 2.75) is 25.8 Å². The third kappa shape index (κ3) is 5.99. The van der Waals surface area contributed by atoms with E-state index in [0.717, 1.165) is 34.7 Å². The van der Waals surface area contributed by atoms with E-state index < -0.39 is 16.1 Å². The van der Waals surface area contributed by atoms with Crippen LogP contribution >= 0.6 is 0 Å². The van der Waals surface area contributed by atoms with Crippen LogP contribution in [0.15, 0.2) is 54.6 Å². The van der Waals surface area contributed by atoms with E-state index in [4.69, 9.17) is 4.74 Å². The Bertz CT molecular complexity index is 853. The standard InChI is InChI=1S/C20H26N2O4S/c1-16(22(27(3,24)25)18-11-5-4-6-12-18)20(23)21-14-8-10-17-9-7-13-19(15-17)26-2/h4-7,9,11-13,15-16H,8,10,14H2,1-3H3,(H,21,23)/t16-/m1/s1. The van der Waals surface area contributed by atoms with Crippen molar-refractivity contribution in [1.82, 2.24) is 5.32 Å². The van der Waals surface area contributed by atoms with Crippen molar-refractivity contribution in [3.63, 3.8) is 0 Å². The summed E-state index contributed by atoms with van der Waals surface area (Å²) in [5, 5.41) is 2.83. The minimum absolute atomic E-state index is 0.324. The fraction of sp³-hybridized carbons (Fsp3) is 0.350. The predicted molar refractivity (Wildman–Crippen MR) is 108 cm³/mol. The van der Waals surface area contributed by atoms with Gasteiger partial charge in [0.2, 0.25) is 15.9 Å². The Labute approximate surface area is 161 Å². The number of para-hydroxylation sites is 1. The van der Waals surface area contributed by atoms with E-state index in [1.54, 1.807) is 44.4 Å². The molecule has 1 N–H and O–H groups in total. The van der Waals surface area contributed by atoms with E-state index >= 15 is 0 Å². The van der Waals surface area contributed by atoms with Gasteiger partial charge in [-0.05, 0) is 49.6 Å². The smallest absolute Gasteiger partial charge is 0.243 e. The van der Waals surface area contributed by atoms with Crippen LogP contribution in [-0.4, -0.2) is 40.3 Å². The molecular weight excluding hydrogens is 364 g/mol. The highest BCUT2D eigenvalue weighted by Crippen LogP contribution is 2.20. The molecule has 0 unspecified atom stereocenters. The van der Waals surface area contributed by atoms with Crippen LogP contribution in [0.3, 0.4) is 0 Å². The Kier molecular flexibility index (Phi) is 7.24. The molecule has 0 saturated carbocycles. The fourth-order valence-electron chi connectivity index (χ4n) is 2.86. The number of sulfonamides is 1. The quantitative estimate of drug-likeness (QED) is 0.668. The number of methoxy groups -OCH3 is 1. The van der Waals surface area contributed by atoms with Crippen molar-refractivity contribution in [1.29, 1.82) is 0 Å². The highest BCUT2D eigenvalue weighted by atomic mass is 32.2. The van der Waals surface area contributed by atoms with Crippen LogP contribution in [0, 0.1) is 0 Å². The van der Waals surface area contributed by atoms with E-state index in [9.17, 15) is 13.2 Å². The summed E-state index contributed by atoms with van der Waals surface area (Å²) in [4.78, 5) is 12.5. The summed E-state index contributed by atoms with van der Waals surface area (Å²) in [7, 11) is -1.96. The molecule has 1 amide bonds. The molecule has 6 nitrogen and oxygen atoms in total. The molecule has 0 fully saturated rings. The molecule has 2 aromatic rings. The Morgan fingerprint density at radius 3 is 2.48 bits per heavy atom. The zero-order valence-electron chi connectivity index (χ0n) is 15.9. The number of carbonyl (C=O) groups is 1. The van der Waals surface area contributed by atoms with Gasteiger partial charge in [-0.1, -0.05) is 30.3 Å². The van der Waals surface area contributed by atoms with Gasteiger partial charge in [0.05, 0.1) is 19.1 Å². The molecule has 0 saturated heterocycles. The molecule has 0 heterocycles. The Morgan fingerprint density at radius 2 is 1.85 bits per heavy atom. The number of nitrogens with zero attached hydrogens (tertiary/aromatic N) is 1. The molecule has 146 valence electrons. The van der Waals surface area contributed by atoms with Gasteiger partial charge < -0.3 is 10.1 Å². The molecule has 7 heteroatoms. The molecular formula is C20H26N2O4S. The monoisotopic (exact) mass is 390 g/mol. The maximum Gasteiger partial charge on any atom is 0.243 e. The number of carbonyl (C=O) groups excluding carboxylic acids is 1. The van der Waals surface area contributed by atoms with Crippen LogP contribution in [0.1, 0.15) is 18.9 Å². The number of hydrogen-bond donors (Lipinski definition) is 1. The normalized spacial score (nSPS) is 12.3. The first kappa shape index (κ1) is 20.8. The van der Waals surface area contributed by atoms with Crippen molar-refractivity contribution in [3.8, 4) is 5.75 Å². The van der Waals surface area contributed by atoms with E-state index in [2.05, 4.69) is 5.32 Å². The van der Waals surface area contributed by atoms with Gasteiger partial charge in [0.1, 0.15) is 11.8 Å². The summed E-state index contributed by atoms with van der Waals surface area (Å²) >= 11 is 0. The van der Waals surface area contributed by atoms with Crippen LogP contribution in [-0.2, 0) is 21.2 Å². The lowest BCUT2D eigenvalue weighted by atomic mass is 10.1. The van der Waals surface area contributed by atoms with Crippen molar-refractivity contribution in [2.24, 2.45) is 0 Å². The summed E-state index contributed by atoms with van der Waals surface area (Å²) in [5.41, 5.74) is 1.60. The Morgan fingerprint density at radius 1 is 1.15 bits per heavy atom. The molecule has 0 aliphatic carbocycles. The number of amides is 1. The lowest BCUT2D eigenvalue weighted by Crippen LogP contribution is -2.48. The van der Waals surface area contributed by atoms with Crippen LogP contribution < -0.4 is 14.4 Å². The number of rotatable bonds is 9. The number of anilines is 1. The van der Waals surface area contributed by atoms with Gasteiger partial charge in [-0.3, -0.25) is 9.10 Å². The molecule has 0 bridgehead atoms. The van der Waals surface area contributed by atoms with Gasteiger partial charge in [-0.2, -0.15) is 0 Å². The number of nitrogens with one attached hydrogen (secondary N) is 1. The van der Waals surface area contributed by atoms with Crippen LogP contribution in [0.25, 0.3) is 0 Å². The summed E-state index contributed by atoms with van der Waals surface area (Å²) in [6.45, 7) is 2.05. The van der Waals surface area contributed by atoms with E-state index in [0.29, 0.717) is 12.2 Å². The van der Waals surface area contributed by atoms with Crippen LogP contribution in [0.5, 0.6) is 5.75 Å². The lowest BCUT2D eigenvalue weighted by molar-refractivity contribution is -0.121. The summed E-state index contributed by atoms with van der Waals surface area (Å²) in [6.07, 6.45) is 2.64. The third-order valence-corrected chi connectivity index (χ3v) is 5.42. The zero-order chi connectivity index (χ0) is 19.9. The molecule has 2 rings (SSSR count). The van der Waals surface area contributed by atoms with Gasteiger partial charge in [0, 0.05) is 6.54 Å². The maximum absolute atomic E-state index is 12.5. The minimum Gasteiger partial charge on any atom is -0.497 e. The highest BCUT2D eigenvalue weighted by molar-refractivity contribution is 7.92. The largest absolute Gasteiger partial charge is 0.497 e. The molecule has 2 aromatic carbocycles. The average molecular weight is 391 g/mol. The number of aryl methyl sites for hydroxylation is 1. The summed E-state index contributed by atoms with van der Waals surface area (Å²) in [6, 6.07) is 15.6. The van der Waals surface area contributed by atoms with Gasteiger partial charge >= 0.3 is 0 Å². The average Bonchev–Trinajstić information content (AvgIpc) is 2.65. The van der Waals surface area contributed by atoms with Crippen LogP contribution in [0.2, 0.25) is 0 Å². The topological polar surface area (TPSA) is 75.7 Å². The maximum atomic E-state index is 12.5. The van der Waals surface area contributed by atoms with Gasteiger partial charge in [-0.15, -0.1) is 0 Å². The van der Waals surface area contributed by atoms with Crippen molar-refractivity contribution < 1.29 is 17.9 Å². The van der Waals surface area contributed by atoms with Gasteiger partial charge in [0.15, 0.2) is 0 Å². The first-order valence-corrected chi connectivity index (χ1v) is 10.6.